The first-order valence-electron chi connectivity index (χ1n) is 1.95. The van der Waals surface area contributed by atoms with Crippen molar-refractivity contribution in [1.82, 2.24) is 9.97 Å². The Morgan fingerprint density at radius 3 is 3.00 bits per heavy atom. The van der Waals surface area contributed by atoms with Crippen LogP contribution in [0.3, 0.4) is 0 Å². The summed E-state index contributed by atoms with van der Waals surface area (Å²) in [6.07, 6.45) is 2.30. The number of nitrogens with zero attached hydrogens (tertiary/aromatic N) is 1. The summed E-state index contributed by atoms with van der Waals surface area (Å²) in [7, 11) is 0. The fourth-order valence-corrected chi connectivity index (χ4v) is 0.477. The van der Waals surface area contributed by atoms with E-state index in [-0.39, 0.29) is 5.88 Å². The lowest BCUT2D eigenvalue weighted by molar-refractivity contribution is 0.451. The number of H-pyrrole nitrogens is 1. The number of nitrogens with one attached hydrogen (secondary N) is 1. The molecule has 0 aromatic carbocycles. The maximum atomic E-state index is 8.58. The van der Waals surface area contributed by atoms with Crippen molar-refractivity contribution in [2.75, 3.05) is 0 Å². The van der Waals surface area contributed by atoms with Crippen molar-refractivity contribution in [1.29, 1.82) is 0 Å². The average Bonchev–Trinajstić information content (AvgIpc) is 1.64. The molecule has 0 spiro atoms. The van der Waals surface area contributed by atoms with Crippen molar-refractivity contribution in [3.05, 3.63) is 17.0 Å². The highest BCUT2D eigenvalue weighted by Crippen LogP contribution is 1.96. The van der Waals surface area contributed by atoms with Crippen molar-refractivity contribution in [2.24, 2.45) is 0 Å². The highest BCUT2D eigenvalue weighted by molar-refractivity contribution is 7.71. The summed E-state index contributed by atoms with van der Waals surface area (Å²) in [5.74, 6) is -0.103. The smallest absolute Gasteiger partial charge is 0.215 e. The maximum Gasteiger partial charge on any atom is 0.215 e. The lowest BCUT2D eigenvalue weighted by atomic mass is 10.6. The second-order valence-electron chi connectivity index (χ2n) is 1.22. The molecule has 3 nitrogen and oxygen atoms in total. The van der Waals surface area contributed by atoms with Gasteiger partial charge in [0.15, 0.2) is 6.33 Å². The molecule has 1 aromatic heterocycles. The van der Waals surface area contributed by atoms with Crippen LogP contribution in [-0.4, -0.2) is 15.1 Å². The molecule has 0 atom stereocenters. The van der Waals surface area contributed by atoms with Gasteiger partial charge in [-0.2, -0.15) is 4.98 Å². The van der Waals surface area contributed by atoms with E-state index >= 15 is 0 Å². The van der Waals surface area contributed by atoms with E-state index in [2.05, 4.69) is 28.5 Å². The van der Waals surface area contributed by atoms with E-state index in [4.69, 9.17) is 5.11 Å². The monoisotopic (exact) mass is 127 g/mol. The first-order chi connectivity index (χ1) is 3.79. The van der Waals surface area contributed by atoms with Gasteiger partial charge in [0.05, 0.1) is 0 Å². The predicted octanol–water partition coefficient (Wildman–Crippen LogP) is 0.645. The van der Waals surface area contributed by atoms with Gasteiger partial charge >= 0.3 is 0 Å². The molecule has 0 aliphatic heterocycles. The van der Waals surface area contributed by atoms with Crippen molar-refractivity contribution in [3.8, 4) is 5.88 Å². The summed E-state index contributed by atoms with van der Waals surface area (Å²) in [4.78, 5) is 5.84. The van der Waals surface area contributed by atoms with Crippen LogP contribution in [0.4, 0.5) is 0 Å². The van der Waals surface area contributed by atoms with Gasteiger partial charge in [-0.1, -0.05) is 12.2 Å². The van der Waals surface area contributed by atoms with Gasteiger partial charge in [-0.25, -0.2) is 0 Å². The van der Waals surface area contributed by atoms with Gasteiger partial charge in [0.25, 0.3) is 0 Å². The number of rotatable bonds is 0. The van der Waals surface area contributed by atoms with E-state index in [1.807, 2.05) is 0 Å². The van der Waals surface area contributed by atoms with Crippen LogP contribution in [0.25, 0.3) is 0 Å². The molecule has 1 rings (SSSR count). The quantitative estimate of drug-likeness (QED) is 0.503. The van der Waals surface area contributed by atoms with Crippen LogP contribution in [0.2, 0.25) is 0 Å². The van der Waals surface area contributed by atoms with Crippen LogP contribution in [-0.2, 0) is 0 Å². The molecular weight excluding hydrogens is 124 g/mol. The average molecular weight is 127 g/mol. The van der Waals surface area contributed by atoms with E-state index in [1.165, 1.54) is 6.07 Å². The summed E-state index contributed by atoms with van der Waals surface area (Å²) in [5, 5.41) is 8.58. The second kappa shape index (κ2) is 1.92. The van der Waals surface area contributed by atoms with E-state index in [1.54, 1.807) is 0 Å². The largest absolute Gasteiger partial charge is 0.493 e. The fourth-order valence-electron chi connectivity index (χ4n) is 0.326. The SMILES string of the molecule is Oc1cc(=S)[nH][c]n1. The van der Waals surface area contributed by atoms with Gasteiger partial charge in [0.2, 0.25) is 5.88 Å². The van der Waals surface area contributed by atoms with E-state index in [9.17, 15) is 0 Å². The molecule has 0 unspecified atom stereocenters. The molecule has 0 amide bonds. The van der Waals surface area contributed by atoms with E-state index < -0.39 is 0 Å². The van der Waals surface area contributed by atoms with Crippen molar-refractivity contribution in [3.63, 3.8) is 0 Å². The Kier molecular flexibility index (Phi) is 1.26. The van der Waals surface area contributed by atoms with E-state index in [0.29, 0.717) is 4.64 Å². The van der Waals surface area contributed by atoms with Crippen LogP contribution < -0.4 is 0 Å². The summed E-state index contributed by atoms with van der Waals surface area (Å²) in [6.45, 7) is 0. The van der Waals surface area contributed by atoms with Gasteiger partial charge in [-0.15, -0.1) is 0 Å². The predicted molar refractivity (Wildman–Crippen MR) is 29.9 cm³/mol. The third-order valence-electron chi connectivity index (χ3n) is 0.610. The molecule has 0 aliphatic carbocycles. The molecule has 0 saturated carbocycles. The lowest BCUT2D eigenvalue weighted by Gasteiger charge is -1.83. The minimum atomic E-state index is -0.103. The molecule has 0 saturated heterocycles. The normalized spacial score (nSPS) is 9.00. The third-order valence-corrected chi connectivity index (χ3v) is 0.830. The highest BCUT2D eigenvalue weighted by atomic mass is 32.1. The van der Waals surface area contributed by atoms with Crippen molar-refractivity contribution < 1.29 is 5.11 Å². The van der Waals surface area contributed by atoms with Crippen molar-refractivity contribution >= 4 is 12.2 Å². The number of hydrogen-bond acceptors (Lipinski definition) is 3. The summed E-state index contributed by atoms with van der Waals surface area (Å²) >= 11 is 4.61. The summed E-state index contributed by atoms with van der Waals surface area (Å²) in [5.41, 5.74) is 0. The molecule has 41 valence electrons. The van der Waals surface area contributed by atoms with Crippen LogP contribution in [0.1, 0.15) is 0 Å². The topological polar surface area (TPSA) is 48.9 Å². The fraction of sp³-hybridized carbons (Fsp3) is 0. The Morgan fingerprint density at radius 1 is 1.88 bits per heavy atom. The first kappa shape index (κ1) is 5.24. The van der Waals surface area contributed by atoms with Crippen LogP contribution in [0, 0.1) is 11.0 Å². The molecule has 1 radical (unpaired) electrons. The van der Waals surface area contributed by atoms with Crippen LogP contribution >= 0.6 is 12.2 Å². The van der Waals surface area contributed by atoms with E-state index in [0.717, 1.165) is 0 Å². The Bertz CT molecular complexity index is 231. The Morgan fingerprint density at radius 2 is 2.62 bits per heavy atom. The second-order valence-corrected chi connectivity index (χ2v) is 1.66. The summed E-state index contributed by atoms with van der Waals surface area (Å²) < 4.78 is 0.428. The van der Waals surface area contributed by atoms with Crippen LogP contribution in [0.5, 0.6) is 5.88 Å². The third kappa shape index (κ3) is 1.04. The number of hydrogen-bond donors (Lipinski definition) is 2. The molecule has 0 fully saturated rings. The minimum absolute atomic E-state index is 0.103. The number of aromatic amines is 1. The Balaban J connectivity index is 3.28. The van der Waals surface area contributed by atoms with Crippen molar-refractivity contribution in [2.45, 2.75) is 0 Å². The molecule has 0 aliphatic rings. The molecular formula is C4H3N2OS. The lowest BCUT2D eigenvalue weighted by Crippen LogP contribution is -1.76. The summed E-state index contributed by atoms with van der Waals surface area (Å²) in [6, 6.07) is 1.34. The molecule has 1 heterocycles. The molecule has 4 heteroatoms. The molecule has 0 bridgehead atoms. The maximum absolute atomic E-state index is 8.58. The van der Waals surface area contributed by atoms with Gasteiger partial charge in [-0.05, 0) is 0 Å². The zero-order valence-corrected chi connectivity index (χ0v) is 4.70. The molecule has 8 heavy (non-hydrogen) atoms. The van der Waals surface area contributed by atoms with Gasteiger partial charge in [-0.3, -0.25) is 0 Å². The Labute approximate surface area is 51.0 Å². The molecule has 2 N–H and O–H groups in total. The number of aromatic nitrogens is 2. The van der Waals surface area contributed by atoms with Gasteiger partial charge < -0.3 is 10.1 Å². The Hall–Kier alpha value is -0.900. The standard InChI is InChI=1S/C4H3N2OS/c7-3-1-4(8)6-2-5-3/h1H,(H2,5,6,7,8). The highest BCUT2D eigenvalue weighted by Gasteiger charge is 1.82. The zero-order valence-electron chi connectivity index (χ0n) is 3.88. The van der Waals surface area contributed by atoms with Gasteiger partial charge in [0.1, 0.15) is 4.64 Å². The first-order valence-corrected chi connectivity index (χ1v) is 2.36. The molecule has 1 aromatic rings. The number of aromatic hydroxyl groups is 1. The van der Waals surface area contributed by atoms with Crippen LogP contribution in [0.15, 0.2) is 6.07 Å². The van der Waals surface area contributed by atoms with Gasteiger partial charge in [0, 0.05) is 6.07 Å². The minimum Gasteiger partial charge on any atom is -0.493 e. The zero-order chi connectivity index (χ0) is 5.98.